The van der Waals surface area contributed by atoms with Gasteiger partial charge in [0.1, 0.15) is 18.9 Å². The Hall–Kier alpha value is -1.80. The van der Waals surface area contributed by atoms with Crippen LogP contribution in [0, 0.1) is 0 Å². The van der Waals surface area contributed by atoms with E-state index in [1.54, 1.807) is 17.5 Å². The molecule has 1 aromatic carbocycles. The van der Waals surface area contributed by atoms with Gasteiger partial charge in [-0.1, -0.05) is 0 Å². The number of thiazole rings is 1. The van der Waals surface area contributed by atoms with Crippen LogP contribution in [0.5, 0.6) is 11.5 Å². The molecule has 104 valence electrons. The molecule has 0 bridgehead atoms. The van der Waals surface area contributed by atoms with Crippen LogP contribution in [0.1, 0.15) is 10.5 Å². The van der Waals surface area contributed by atoms with Crippen molar-refractivity contribution in [3.8, 4) is 11.5 Å². The number of benzene rings is 1. The van der Waals surface area contributed by atoms with Gasteiger partial charge in [-0.3, -0.25) is 4.79 Å². The van der Waals surface area contributed by atoms with Crippen LogP contribution in [-0.4, -0.2) is 24.1 Å². The third kappa shape index (κ3) is 2.56. The maximum atomic E-state index is 12.0. The molecule has 2 aromatic rings. The fourth-order valence-electron chi connectivity index (χ4n) is 1.74. The quantitative estimate of drug-likeness (QED) is 0.864. The predicted molar refractivity (Wildman–Crippen MR) is 79.6 cm³/mol. The van der Waals surface area contributed by atoms with Crippen molar-refractivity contribution in [2.24, 2.45) is 0 Å². The largest absolute Gasteiger partial charge is 0.486 e. The molecular formula is C12H10BrN3O3S. The average Bonchev–Trinajstić information content (AvgIpc) is 2.86. The molecule has 2 heterocycles. The highest BCUT2D eigenvalue weighted by Crippen LogP contribution is 2.38. The Morgan fingerprint density at radius 3 is 2.70 bits per heavy atom. The van der Waals surface area contributed by atoms with Crippen LogP contribution >= 0.6 is 27.3 Å². The SMILES string of the molecule is Nc1nc(C(=O)Nc2cc3c(cc2Br)OCCO3)cs1. The summed E-state index contributed by atoms with van der Waals surface area (Å²) in [5.74, 6) is 0.932. The number of ether oxygens (including phenoxy) is 2. The van der Waals surface area contributed by atoms with Crippen LogP contribution in [0.2, 0.25) is 0 Å². The number of anilines is 2. The second kappa shape index (κ2) is 5.29. The van der Waals surface area contributed by atoms with Crippen molar-refractivity contribution >= 4 is 44.0 Å². The zero-order valence-electron chi connectivity index (χ0n) is 10.2. The van der Waals surface area contributed by atoms with Crippen LogP contribution < -0.4 is 20.5 Å². The topological polar surface area (TPSA) is 86.5 Å². The van der Waals surface area contributed by atoms with E-state index in [0.717, 1.165) is 0 Å². The number of amides is 1. The first-order valence-electron chi connectivity index (χ1n) is 5.75. The second-order valence-electron chi connectivity index (χ2n) is 4.00. The summed E-state index contributed by atoms with van der Waals surface area (Å²) in [6.45, 7) is 1.01. The monoisotopic (exact) mass is 355 g/mol. The fourth-order valence-corrected chi connectivity index (χ4v) is 2.70. The number of nitrogen functional groups attached to an aromatic ring is 1. The fraction of sp³-hybridized carbons (Fsp3) is 0.167. The van der Waals surface area contributed by atoms with E-state index in [1.807, 2.05) is 0 Å². The average molecular weight is 356 g/mol. The summed E-state index contributed by atoms with van der Waals surface area (Å²) in [6.07, 6.45) is 0. The first kappa shape index (κ1) is 13.2. The van der Waals surface area contributed by atoms with Crippen LogP contribution in [0.25, 0.3) is 0 Å². The molecule has 1 aliphatic heterocycles. The lowest BCUT2D eigenvalue weighted by Gasteiger charge is -2.20. The van der Waals surface area contributed by atoms with Gasteiger partial charge in [-0.15, -0.1) is 11.3 Å². The van der Waals surface area contributed by atoms with E-state index >= 15 is 0 Å². The molecule has 0 radical (unpaired) electrons. The molecule has 20 heavy (non-hydrogen) atoms. The summed E-state index contributed by atoms with van der Waals surface area (Å²) < 4.78 is 11.6. The van der Waals surface area contributed by atoms with E-state index < -0.39 is 0 Å². The Kier molecular flexibility index (Phi) is 3.49. The van der Waals surface area contributed by atoms with E-state index in [0.29, 0.717) is 40.0 Å². The molecular weight excluding hydrogens is 346 g/mol. The van der Waals surface area contributed by atoms with Gasteiger partial charge in [-0.05, 0) is 15.9 Å². The van der Waals surface area contributed by atoms with E-state index in [-0.39, 0.29) is 11.6 Å². The minimum atomic E-state index is -0.324. The van der Waals surface area contributed by atoms with Crippen molar-refractivity contribution < 1.29 is 14.3 Å². The molecule has 3 N–H and O–H groups in total. The van der Waals surface area contributed by atoms with Gasteiger partial charge in [0.2, 0.25) is 0 Å². The number of hydrogen-bond acceptors (Lipinski definition) is 6. The molecule has 0 saturated heterocycles. The van der Waals surface area contributed by atoms with Crippen molar-refractivity contribution in [3.63, 3.8) is 0 Å². The Morgan fingerprint density at radius 1 is 1.35 bits per heavy atom. The summed E-state index contributed by atoms with van der Waals surface area (Å²) in [7, 11) is 0. The number of aromatic nitrogens is 1. The van der Waals surface area contributed by atoms with Crippen LogP contribution in [0.3, 0.4) is 0 Å². The summed E-state index contributed by atoms with van der Waals surface area (Å²) >= 11 is 4.61. The first-order chi connectivity index (χ1) is 9.63. The number of nitrogens with two attached hydrogens (primary N) is 1. The molecule has 0 fully saturated rings. The lowest BCUT2D eigenvalue weighted by molar-refractivity contribution is 0.102. The Morgan fingerprint density at radius 2 is 2.05 bits per heavy atom. The van der Waals surface area contributed by atoms with Crippen molar-refractivity contribution in [1.82, 2.24) is 4.98 Å². The minimum Gasteiger partial charge on any atom is -0.486 e. The number of hydrogen-bond donors (Lipinski definition) is 2. The molecule has 0 aliphatic carbocycles. The number of fused-ring (bicyclic) bond motifs is 1. The number of rotatable bonds is 2. The van der Waals surface area contributed by atoms with Crippen molar-refractivity contribution in [2.75, 3.05) is 24.3 Å². The number of carbonyl (C=O) groups excluding carboxylic acids is 1. The number of carbonyl (C=O) groups is 1. The van der Waals surface area contributed by atoms with Gasteiger partial charge < -0.3 is 20.5 Å². The van der Waals surface area contributed by atoms with Crippen LogP contribution in [0.4, 0.5) is 10.8 Å². The summed E-state index contributed by atoms with van der Waals surface area (Å²) in [5.41, 5.74) is 6.39. The summed E-state index contributed by atoms with van der Waals surface area (Å²) in [6, 6.07) is 3.48. The number of nitrogens with zero attached hydrogens (tertiary/aromatic N) is 1. The van der Waals surface area contributed by atoms with Gasteiger partial charge in [0.25, 0.3) is 5.91 Å². The van der Waals surface area contributed by atoms with Crippen LogP contribution in [0.15, 0.2) is 22.0 Å². The highest BCUT2D eigenvalue weighted by Gasteiger charge is 2.17. The third-order valence-corrected chi connectivity index (χ3v) is 3.96. The van der Waals surface area contributed by atoms with Crippen molar-refractivity contribution in [3.05, 3.63) is 27.7 Å². The Labute approximate surface area is 127 Å². The van der Waals surface area contributed by atoms with E-state index in [9.17, 15) is 4.79 Å². The van der Waals surface area contributed by atoms with Gasteiger partial charge in [-0.2, -0.15) is 0 Å². The predicted octanol–water partition coefficient (Wildman–Crippen LogP) is 2.51. The number of halogens is 1. The zero-order chi connectivity index (χ0) is 14.1. The summed E-state index contributed by atoms with van der Waals surface area (Å²) in [5, 5.41) is 4.72. The van der Waals surface area contributed by atoms with Gasteiger partial charge in [0.05, 0.1) is 5.69 Å². The van der Waals surface area contributed by atoms with Crippen LogP contribution in [-0.2, 0) is 0 Å². The van der Waals surface area contributed by atoms with Crippen molar-refractivity contribution in [1.29, 1.82) is 0 Å². The van der Waals surface area contributed by atoms with E-state index in [4.69, 9.17) is 15.2 Å². The second-order valence-corrected chi connectivity index (χ2v) is 5.74. The first-order valence-corrected chi connectivity index (χ1v) is 7.42. The lowest BCUT2D eigenvalue weighted by Crippen LogP contribution is -2.17. The maximum Gasteiger partial charge on any atom is 0.275 e. The smallest absolute Gasteiger partial charge is 0.275 e. The Balaban J connectivity index is 1.85. The van der Waals surface area contributed by atoms with Gasteiger partial charge >= 0.3 is 0 Å². The number of nitrogens with one attached hydrogen (secondary N) is 1. The highest BCUT2D eigenvalue weighted by molar-refractivity contribution is 9.10. The molecule has 6 nitrogen and oxygen atoms in total. The van der Waals surface area contributed by atoms with Gasteiger partial charge in [0, 0.05) is 22.0 Å². The zero-order valence-corrected chi connectivity index (χ0v) is 12.6. The minimum absolute atomic E-state index is 0.286. The molecule has 0 atom stereocenters. The standard InChI is InChI=1S/C12H10BrN3O3S/c13-6-3-9-10(19-2-1-18-9)4-7(6)15-11(17)8-5-20-12(14)16-8/h3-5H,1-2H2,(H2,14,16)(H,15,17). The van der Waals surface area contributed by atoms with Crippen molar-refractivity contribution in [2.45, 2.75) is 0 Å². The molecule has 1 aromatic heterocycles. The third-order valence-electron chi connectivity index (χ3n) is 2.63. The lowest BCUT2D eigenvalue weighted by atomic mass is 10.2. The van der Waals surface area contributed by atoms with Gasteiger partial charge in [-0.25, -0.2) is 4.98 Å². The Bertz CT molecular complexity index is 674. The molecule has 0 unspecified atom stereocenters. The van der Waals surface area contributed by atoms with Gasteiger partial charge in [0.15, 0.2) is 16.6 Å². The maximum absolute atomic E-state index is 12.0. The molecule has 1 amide bonds. The van der Waals surface area contributed by atoms with E-state index in [2.05, 4.69) is 26.2 Å². The molecule has 3 rings (SSSR count). The van der Waals surface area contributed by atoms with E-state index in [1.165, 1.54) is 11.3 Å². The molecule has 8 heteroatoms. The molecule has 0 spiro atoms. The summed E-state index contributed by atoms with van der Waals surface area (Å²) in [4.78, 5) is 16.0. The highest BCUT2D eigenvalue weighted by atomic mass is 79.9. The normalized spacial score (nSPS) is 13.1. The molecule has 0 saturated carbocycles. The molecule has 1 aliphatic rings.